The summed E-state index contributed by atoms with van der Waals surface area (Å²) in [6.07, 6.45) is -2.15. The molecule has 14 heteroatoms. The molecule has 1 aliphatic rings. The number of aliphatic hydroxyl groups is 1. The van der Waals surface area contributed by atoms with Gasteiger partial charge in [0.1, 0.15) is 11.9 Å². The van der Waals surface area contributed by atoms with Crippen molar-refractivity contribution >= 4 is 21.6 Å². The number of carbonyl (C=O) groups excluding carboxylic acids is 1. The summed E-state index contributed by atoms with van der Waals surface area (Å²) in [7, 11) is -0.557. The van der Waals surface area contributed by atoms with Crippen LogP contribution in [0, 0.1) is 5.92 Å². The number of aryl methyl sites for hydroxylation is 1. The van der Waals surface area contributed by atoms with Gasteiger partial charge >= 0.3 is 6.18 Å². The SMILES string of the molecule is C[C@H](CO)N1C[C@H](C)[C@H](CN(C)Cc2ccc(C(F)(F)F)cc2)Oc2ccc(NS(=O)(=O)c3cn(C)cn3)cc2C1=O. The van der Waals surface area contributed by atoms with Crippen molar-refractivity contribution in [2.45, 2.75) is 43.7 Å². The summed E-state index contributed by atoms with van der Waals surface area (Å²) in [6.45, 7) is 4.35. The largest absolute Gasteiger partial charge is 0.488 e. The Bertz CT molecular complexity index is 1510. The Hall–Kier alpha value is -3.62. The number of anilines is 1. The van der Waals surface area contributed by atoms with E-state index in [9.17, 15) is 31.5 Å². The maximum atomic E-state index is 13.6. The minimum absolute atomic E-state index is 0.124. The molecular formula is C28H34F3N5O5S. The summed E-state index contributed by atoms with van der Waals surface area (Å²) in [4.78, 5) is 21.0. The number of alkyl halides is 3. The fourth-order valence-corrected chi connectivity index (χ4v) is 5.75. The first-order chi connectivity index (χ1) is 19.7. The zero-order valence-electron chi connectivity index (χ0n) is 23.7. The molecule has 1 aliphatic heterocycles. The van der Waals surface area contributed by atoms with Gasteiger partial charge in [0, 0.05) is 44.5 Å². The van der Waals surface area contributed by atoms with E-state index < -0.39 is 39.8 Å². The Morgan fingerprint density at radius 2 is 1.90 bits per heavy atom. The number of rotatable bonds is 9. The van der Waals surface area contributed by atoms with Gasteiger partial charge in [-0.15, -0.1) is 0 Å². The summed E-state index contributed by atoms with van der Waals surface area (Å²) in [5, 5.41) is 9.70. The van der Waals surface area contributed by atoms with E-state index in [4.69, 9.17) is 4.74 Å². The van der Waals surface area contributed by atoms with Crippen molar-refractivity contribution in [1.29, 1.82) is 0 Å². The van der Waals surface area contributed by atoms with E-state index in [1.165, 1.54) is 52.3 Å². The number of likely N-dealkylation sites (N-methyl/N-ethyl adjacent to an activating group) is 1. The molecule has 2 heterocycles. The number of amides is 1. The fraction of sp³-hybridized carbons (Fsp3) is 0.429. The topological polar surface area (TPSA) is 117 Å². The maximum Gasteiger partial charge on any atom is 0.416 e. The second-order valence-electron chi connectivity index (χ2n) is 10.7. The Kier molecular flexibility index (Phi) is 9.18. The van der Waals surface area contributed by atoms with Gasteiger partial charge in [-0.3, -0.25) is 14.4 Å². The number of benzene rings is 2. The van der Waals surface area contributed by atoms with E-state index in [-0.39, 0.29) is 41.1 Å². The number of halogens is 3. The lowest BCUT2D eigenvalue weighted by molar-refractivity contribution is -0.137. The van der Waals surface area contributed by atoms with Gasteiger partial charge in [0.05, 0.1) is 30.1 Å². The maximum absolute atomic E-state index is 13.6. The van der Waals surface area contributed by atoms with Gasteiger partial charge in [-0.2, -0.15) is 21.6 Å². The predicted molar refractivity (Wildman–Crippen MR) is 149 cm³/mol. The number of carbonyl (C=O) groups is 1. The first-order valence-electron chi connectivity index (χ1n) is 13.3. The first-order valence-corrected chi connectivity index (χ1v) is 14.7. The van der Waals surface area contributed by atoms with Gasteiger partial charge in [-0.25, -0.2) is 4.98 Å². The zero-order valence-corrected chi connectivity index (χ0v) is 24.5. The second-order valence-corrected chi connectivity index (χ2v) is 12.3. The predicted octanol–water partition coefficient (Wildman–Crippen LogP) is 3.59. The van der Waals surface area contributed by atoms with E-state index in [2.05, 4.69) is 9.71 Å². The van der Waals surface area contributed by atoms with Gasteiger partial charge in [0.15, 0.2) is 5.03 Å². The number of imidazole rings is 1. The number of aromatic nitrogens is 2. The Labute approximate surface area is 242 Å². The van der Waals surface area contributed by atoms with Crippen molar-refractivity contribution in [1.82, 2.24) is 19.4 Å². The lowest BCUT2D eigenvalue weighted by Gasteiger charge is -2.38. The van der Waals surface area contributed by atoms with E-state index in [1.807, 2.05) is 18.9 Å². The second kappa shape index (κ2) is 12.3. The van der Waals surface area contributed by atoms with Gasteiger partial charge in [-0.05, 0) is 49.9 Å². The van der Waals surface area contributed by atoms with E-state index >= 15 is 0 Å². The van der Waals surface area contributed by atoms with Crippen LogP contribution in [0.25, 0.3) is 0 Å². The molecule has 4 rings (SSSR count). The molecule has 2 aromatic carbocycles. The zero-order chi connectivity index (χ0) is 30.8. The van der Waals surface area contributed by atoms with Crippen LogP contribution in [0.2, 0.25) is 0 Å². The van der Waals surface area contributed by atoms with Crippen LogP contribution in [0.15, 0.2) is 60.0 Å². The van der Waals surface area contributed by atoms with E-state index in [0.29, 0.717) is 18.7 Å². The number of nitrogens with one attached hydrogen (secondary N) is 1. The van der Waals surface area contributed by atoms with Crippen molar-refractivity contribution in [2.75, 3.05) is 31.5 Å². The average Bonchev–Trinajstić information content (AvgIpc) is 3.37. The third-order valence-corrected chi connectivity index (χ3v) is 8.36. The Morgan fingerprint density at radius 3 is 2.50 bits per heavy atom. The Balaban J connectivity index is 1.59. The molecule has 1 amide bonds. The molecule has 0 saturated heterocycles. The highest BCUT2D eigenvalue weighted by Gasteiger charge is 2.34. The van der Waals surface area contributed by atoms with Gasteiger partial charge in [0.25, 0.3) is 15.9 Å². The standard InChI is InChI=1S/C28H34F3N5O5S/c1-18-12-36(19(2)16-37)27(38)23-11-22(33-42(39,40)26-15-35(4)17-32-26)9-10-24(23)41-25(18)14-34(3)13-20-5-7-21(8-6-20)28(29,30)31/h5-11,15,17-19,25,33,37H,12-14,16H2,1-4H3/t18-,19+,25-/m0/s1. The van der Waals surface area contributed by atoms with Gasteiger partial charge < -0.3 is 19.3 Å². The quantitative estimate of drug-likeness (QED) is 0.381. The minimum Gasteiger partial charge on any atom is -0.488 e. The summed E-state index contributed by atoms with van der Waals surface area (Å²) in [6, 6.07) is 8.86. The molecule has 0 unspecified atom stereocenters. The summed E-state index contributed by atoms with van der Waals surface area (Å²) >= 11 is 0. The molecule has 0 fully saturated rings. The third-order valence-electron chi connectivity index (χ3n) is 7.10. The van der Waals surface area contributed by atoms with E-state index in [1.54, 1.807) is 14.0 Å². The minimum atomic E-state index is -4.41. The van der Waals surface area contributed by atoms with Crippen LogP contribution in [0.3, 0.4) is 0 Å². The molecule has 0 saturated carbocycles. The lowest BCUT2D eigenvalue weighted by Crippen LogP contribution is -2.49. The third kappa shape index (κ3) is 7.23. The highest BCUT2D eigenvalue weighted by atomic mass is 32.2. The molecule has 0 aliphatic carbocycles. The highest BCUT2D eigenvalue weighted by molar-refractivity contribution is 7.92. The summed E-state index contributed by atoms with van der Waals surface area (Å²) in [5.41, 5.74) is 0.239. The fourth-order valence-electron chi connectivity index (χ4n) is 4.72. The molecule has 0 radical (unpaired) electrons. The average molecular weight is 610 g/mol. The van der Waals surface area contributed by atoms with Crippen LogP contribution in [-0.4, -0.2) is 77.7 Å². The van der Waals surface area contributed by atoms with Crippen LogP contribution in [-0.2, 0) is 29.8 Å². The van der Waals surface area contributed by atoms with Crippen molar-refractivity contribution in [3.8, 4) is 5.75 Å². The molecule has 1 aromatic heterocycles. The number of hydrogen-bond donors (Lipinski definition) is 2. The van der Waals surface area contributed by atoms with Crippen LogP contribution in [0.1, 0.15) is 35.3 Å². The van der Waals surface area contributed by atoms with Crippen molar-refractivity contribution in [3.05, 3.63) is 71.7 Å². The first kappa shape index (κ1) is 31.3. The smallest absolute Gasteiger partial charge is 0.416 e. The summed E-state index contributed by atoms with van der Waals surface area (Å²) < 4.78 is 74.8. The van der Waals surface area contributed by atoms with Gasteiger partial charge in [-0.1, -0.05) is 19.1 Å². The van der Waals surface area contributed by atoms with Crippen molar-refractivity contribution < 1.29 is 36.2 Å². The molecule has 3 atom stereocenters. The lowest BCUT2D eigenvalue weighted by atomic mass is 9.99. The molecule has 0 spiro atoms. The molecule has 2 N–H and O–H groups in total. The van der Waals surface area contributed by atoms with Crippen LogP contribution in [0.5, 0.6) is 5.75 Å². The molecule has 42 heavy (non-hydrogen) atoms. The van der Waals surface area contributed by atoms with E-state index in [0.717, 1.165) is 12.1 Å². The Morgan fingerprint density at radius 1 is 1.21 bits per heavy atom. The number of sulfonamides is 1. The number of hydrogen-bond acceptors (Lipinski definition) is 7. The molecule has 0 bridgehead atoms. The molecular weight excluding hydrogens is 575 g/mol. The number of ether oxygens (including phenoxy) is 1. The normalized spacial score (nSPS) is 18.7. The van der Waals surface area contributed by atoms with Crippen molar-refractivity contribution in [2.24, 2.45) is 13.0 Å². The number of aliphatic hydroxyl groups excluding tert-OH is 1. The monoisotopic (exact) mass is 609 g/mol. The van der Waals surface area contributed by atoms with Crippen LogP contribution < -0.4 is 9.46 Å². The van der Waals surface area contributed by atoms with Crippen molar-refractivity contribution in [3.63, 3.8) is 0 Å². The van der Waals surface area contributed by atoms with Crippen LogP contribution in [0.4, 0.5) is 18.9 Å². The molecule has 10 nitrogen and oxygen atoms in total. The number of nitrogens with zero attached hydrogens (tertiary/aromatic N) is 4. The summed E-state index contributed by atoms with van der Waals surface area (Å²) in [5.74, 6) is -0.363. The van der Waals surface area contributed by atoms with Gasteiger partial charge in [0.2, 0.25) is 0 Å². The molecule has 228 valence electrons. The number of fused-ring (bicyclic) bond motifs is 1. The highest BCUT2D eigenvalue weighted by Crippen LogP contribution is 2.32. The molecule has 3 aromatic rings. The van der Waals surface area contributed by atoms with Crippen LogP contribution >= 0.6 is 0 Å².